The molecule has 0 bridgehead atoms. The first-order valence-corrected chi connectivity index (χ1v) is 9.34. The van der Waals surface area contributed by atoms with Crippen LogP contribution in [0.4, 0.5) is 5.69 Å². The van der Waals surface area contributed by atoms with Crippen LogP contribution < -0.4 is 20.5 Å². The van der Waals surface area contributed by atoms with Crippen molar-refractivity contribution in [3.8, 4) is 5.75 Å². The van der Waals surface area contributed by atoms with Gasteiger partial charge in [0.25, 0.3) is 5.91 Å². The SMILES string of the molecule is CC(C)(COc1cccc2c1C(N)=NS(=O)(=O)N2)NC(=O)c1cnccn1. The quantitative estimate of drug-likeness (QED) is 0.670. The zero-order chi connectivity index (χ0) is 19.7. The summed E-state index contributed by atoms with van der Waals surface area (Å²) in [4.78, 5) is 20.1. The molecule has 0 radical (unpaired) electrons. The van der Waals surface area contributed by atoms with E-state index >= 15 is 0 Å². The number of amidine groups is 1. The number of anilines is 1. The average molecular weight is 390 g/mol. The van der Waals surface area contributed by atoms with Crippen LogP contribution in [0.25, 0.3) is 0 Å². The highest BCUT2D eigenvalue weighted by Crippen LogP contribution is 2.30. The lowest BCUT2D eigenvalue weighted by atomic mass is 10.1. The van der Waals surface area contributed by atoms with Crippen molar-refractivity contribution in [2.45, 2.75) is 19.4 Å². The Kier molecular flexibility index (Phi) is 4.70. The summed E-state index contributed by atoms with van der Waals surface area (Å²) in [5.74, 6) is -0.209. The van der Waals surface area contributed by atoms with E-state index in [4.69, 9.17) is 10.5 Å². The third-order valence-corrected chi connectivity index (χ3v) is 4.49. The zero-order valence-electron chi connectivity index (χ0n) is 14.6. The molecule has 1 aliphatic rings. The molecule has 1 aromatic carbocycles. The molecule has 0 saturated heterocycles. The van der Waals surface area contributed by atoms with Gasteiger partial charge < -0.3 is 15.8 Å². The Hall–Kier alpha value is -3.21. The minimum Gasteiger partial charge on any atom is -0.490 e. The van der Waals surface area contributed by atoms with Gasteiger partial charge in [-0.05, 0) is 26.0 Å². The zero-order valence-corrected chi connectivity index (χ0v) is 15.4. The van der Waals surface area contributed by atoms with E-state index in [2.05, 4.69) is 24.4 Å². The molecule has 0 fully saturated rings. The van der Waals surface area contributed by atoms with Crippen LogP contribution in [0, 0.1) is 0 Å². The molecule has 2 heterocycles. The third-order valence-electron chi connectivity index (χ3n) is 3.58. The molecular weight excluding hydrogens is 372 g/mol. The molecule has 0 aliphatic carbocycles. The molecule has 3 rings (SSSR count). The van der Waals surface area contributed by atoms with E-state index in [9.17, 15) is 13.2 Å². The van der Waals surface area contributed by atoms with Gasteiger partial charge in [0.15, 0.2) is 5.84 Å². The van der Waals surface area contributed by atoms with Crippen LogP contribution in [0.2, 0.25) is 0 Å². The molecule has 11 heteroatoms. The number of hydrogen-bond acceptors (Lipinski definition) is 7. The van der Waals surface area contributed by atoms with Crippen LogP contribution in [0.5, 0.6) is 5.75 Å². The van der Waals surface area contributed by atoms with Crippen LogP contribution in [0.3, 0.4) is 0 Å². The fourth-order valence-corrected chi connectivity index (χ4v) is 3.26. The second-order valence-corrected chi connectivity index (χ2v) is 7.79. The normalized spacial score (nSPS) is 15.1. The number of nitrogens with one attached hydrogen (secondary N) is 2. The van der Waals surface area contributed by atoms with E-state index in [1.54, 1.807) is 32.0 Å². The Morgan fingerprint density at radius 2 is 2.11 bits per heavy atom. The summed E-state index contributed by atoms with van der Waals surface area (Å²) in [6.07, 6.45) is 4.27. The second-order valence-electron chi connectivity index (χ2n) is 6.45. The highest BCUT2D eigenvalue weighted by Gasteiger charge is 2.27. The van der Waals surface area contributed by atoms with Crippen molar-refractivity contribution in [2.75, 3.05) is 11.3 Å². The van der Waals surface area contributed by atoms with E-state index in [-0.39, 0.29) is 29.7 Å². The van der Waals surface area contributed by atoms with Crippen molar-refractivity contribution in [3.05, 3.63) is 48.0 Å². The number of aromatic nitrogens is 2. The van der Waals surface area contributed by atoms with E-state index in [1.807, 2.05) is 0 Å². The molecule has 1 amide bonds. The minimum absolute atomic E-state index is 0.0927. The lowest BCUT2D eigenvalue weighted by Gasteiger charge is -2.27. The van der Waals surface area contributed by atoms with Gasteiger partial charge in [-0.3, -0.25) is 14.5 Å². The van der Waals surface area contributed by atoms with Crippen LogP contribution in [-0.2, 0) is 10.2 Å². The average Bonchev–Trinajstić information content (AvgIpc) is 2.59. The Morgan fingerprint density at radius 1 is 1.33 bits per heavy atom. The Labute approximate surface area is 156 Å². The molecule has 2 aromatic rings. The topological polar surface area (TPSA) is 149 Å². The van der Waals surface area contributed by atoms with Crippen LogP contribution in [0.1, 0.15) is 29.9 Å². The minimum atomic E-state index is -3.86. The summed E-state index contributed by atoms with van der Waals surface area (Å²) in [7, 11) is -3.86. The highest BCUT2D eigenvalue weighted by molar-refractivity contribution is 7.91. The number of carbonyl (C=O) groups is 1. The van der Waals surface area contributed by atoms with Crippen LogP contribution in [-0.4, -0.2) is 42.3 Å². The first-order chi connectivity index (χ1) is 12.7. The number of amides is 1. The summed E-state index contributed by atoms with van der Waals surface area (Å²) < 4.78 is 34.8. The molecule has 0 spiro atoms. The number of fused-ring (bicyclic) bond motifs is 1. The number of nitrogens with zero attached hydrogens (tertiary/aromatic N) is 3. The van der Waals surface area contributed by atoms with Gasteiger partial charge in [-0.1, -0.05) is 6.07 Å². The lowest BCUT2D eigenvalue weighted by molar-refractivity contribution is 0.0875. The molecule has 0 unspecified atom stereocenters. The molecule has 0 atom stereocenters. The number of carbonyl (C=O) groups excluding carboxylic acids is 1. The van der Waals surface area contributed by atoms with Crippen molar-refractivity contribution in [1.82, 2.24) is 15.3 Å². The molecular formula is C16H18N6O4S. The van der Waals surface area contributed by atoms with Gasteiger partial charge in [0, 0.05) is 12.4 Å². The fraction of sp³-hybridized carbons (Fsp3) is 0.250. The van der Waals surface area contributed by atoms with Crippen LogP contribution >= 0.6 is 0 Å². The van der Waals surface area contributed by atoms with Crippen LogP contribution in [0.15, 0.2) is 41.2 Å². The van der Waals surface area contributed by atoms with Gasteiger partial charge in [-0.2, -0.15) is 8.42 Å². The van der Waals surface area contributed by atoms with Gasteiger partial charge in [0.05, 0.1) is 23.0 Å². The van der Waals surface area contributed by atoms with Crippen molar-refractivity contribution in [1.29, 1.82) is 0 Å². The Bertz CT molecular complexity index is 1000. The maximum Gasteiger partial charge on any atom is 0.344 e. The van der Waals surface area contributed by atoms with E-state index in [0.29, 0.717) is 11.3 Å². The predicted molar refractivity (Wildman–Crippen MR) is 98.8 cm³/mol. The molecule has 1 aliphatic heterocycles. The summed E-state index contributed by atoms with van der Waals surface area (Å²) in [5.41, 5.74) is 5.85. The van der Waals surface area contributed by atoms with Crippen molar-refractivity contribution in [2.24, 2.45) is 10.1 Å². The summed E-state index contributed by atoms with van der Waals surface area (Å²) in [5, 5.41) is 2.81. The number of hydrogen-bond donors (Lipinski definition) is 3. The van der Waals surface area contributed by atoms with Gasteiger partial charge in [-0.25, -0.2) is 4.98 Å². The van der Waals surface area contributed by atoms with Crippen molar-refractivity contribution in [3.63, 3.8) is 0 Å². The molecule has 142 valence electrons. The molecule has 27 heavy (non-hydrogen) atoms. The Balaban J connectivity index is 1.75. The predicted octanol–water partition coefficient (Wildman–Crippen LogP) is 0.440. The number of nitrogens with two attached hydrogens (primary N) is 1. The first kappa shape index (κ1) is 18.6. The van der Waals surface area contributed by atoms with Gasteiger partial charge in [-0.15, -0.1) is 4.40 Å². The molecule has 4 N–H and O–H groups in total. The standard InChI is InChI=1S/C16H18N6O4S/c1-16(2,20-15(23)11-8-18-6-7-19-11)9-26-12-5-3-4-10-13(12)14(17)22-27(24,25)21-10/h3-8,21H,9H2,1-2H3,(H2,17,22)(H,20,23). The first-order valence-electron chi connectivity index (χ1n) is 7.90. The number of rotatable bonds is 5. The van der Waals surface area contributed by atoms with Crippen molar-refractivity contribution >= 4 is 27.6 Å². The third kappa shape index (κ3) is 4.31. The van der Waals surface area contributed by atoms with Gasteiger partial charge in [0.1, 0.15) is 18.1 Å². The lowest BCUT2D eigenvalue weighted by Crippen LogP contribution is -2.48. The van der Waals surface area contributed by atoms with E-state index < -0.39 is 15.7 Å². The largest absolute Gasteiger partial charge is 0.490 e. The molecule has 10 nitrogen and oxygen atoms in total. The monoisotopic (exact) mass is 390 g/mol. The molecule has 0 saturated carbocycles. The van der Waals surface area contributed by atoms with E-state index in [1.165, 1.54) is 18.6 Å². The van der Waals surface area contributed by atoms with E-state index in [0.717, 1.165) is 0 Å². The van der Waals surface area contributed by atoms with Gasteiger partial charge >= 0.3 is 10.2 Å². The number of benzene rings is 1. The Morgan fingerprint density at radius 3 is 2.81 bits per heavy atom. The summed E-state index contributed by atoms with van der Waals surface area (Å²) >= 11 is 0. The molecule has 1 aromatic heterocycles. The summed E-state index contributed by atoms with van der Waals surface area (Å²) in [6.45, 7) is 3.64. The highest BCUT2D eigenvalue weighted by atomic mass is 32.2. The van der Waals surface area contributed by atoms with Crippen molar-refractivity contribution < 1.29 is 17.9 Å². The maximum atomic E-state index is 12.2. The second kappa shape index (κ2) is 6.83. The smallest absolute Gasteiger partial charge is 0.344 e. The summed E-state index contributed by atoms with van der Waals surface area (Å²) in [6, 6.07) is 4.82. The number of ether oxygens (including phenoxy) is 1. The maximum absolute atomic E-state index is 12.2. The van der Waals surface area contributed by atoms with Gasteiger partial charge in [0.2, 0.25) is 0 Å². The fourth-order valence-electron chi connectivity index (χ4n) is 2.42.